The highest BCUT2D eigenvalue weighted by atomic mass is 16.1. The lowest BCUT2D eigenvalue weighted by molar-refractivity contribution is -0.120. The zero-order valence-electron chi connectivity index (χ0n) is 7.34. The van der Waals surface area contributed by atoms with E-state index in [9.17, 15) is 4.79 Å². The third kappa shape index (κ3) is 2.55. The van der Waals surface area contributed by atoms with Crippen molar-refractivity contribution in [2.45, 2.75) is 19.4 Å². The Labute approximate surface area is 73.1 Å². The van der Waals surface area contributed by atoms with Crippen LogP contribution in [0.2, 0.25) is 0 Å². The van der Waals surface area contributed by atoms with E-state index in [1.165, 1.54) is 0 Å². The zero-order chi connectivity index (χ0) is 8.97. The Hall–Kier alpha value is -1.01. The number of rotatable bonds is 3. The number of terminal acetylenes is 1. The van der Waals surface area contributed by atoms with Gasteiger partial charge in [-0.25, -0.2) is 0 Å². The van der Waals surface area contributed by atoms with Gasteiger partial charge >= 0.3 is 0 Å². The molecule has 0 aliphatic carbocycles. The molecule has 1 aliphatic heterocycles. The topological polar surface area (TPSA) is 32.3 Å². The second-order valence-corrected chi connectivity index (χ2v) is 3.11. The lowest BCUT2D eigenvalue weighted by atomic mass is 10.1. The van der Waals surface area contributed by atoms with E-state index >= 15 is 0 Å². The van der Waals surface area contributed by atoms with Crippen molar-refractivity contribution in [2.75, 3.05) is 19.6 Å². The maximum atomic E-state index is 10.6. The van der Waals surface area contributed by atoms with Crippen LogP contribution in [0, 0.1) is 12.3 Å². The molecular formula is C9H14N2O. The van der Waals surface area contributed by atoms with E-state index in [2.05, 4.69) is 16.1 Å². The first kappa shape index (κ1) is 9.08. The third-order valence-corrected chi connectivity index (χ3v) is 1.94. The smallest absolute Gasteiger partial charge is 0.217 e. The largest absolute Gasteiger partial charge is 0.351 e. The van der Waals surface area contributed by atoms with E-state index < -0.39 is 0 Å². The summed E-state index contributed by atoms with van der Waals surface area (Å²) in [5.74, 6) is 2.65. The van der Waals surface area contributed by atoms with Crippen LogP contribution in [0.3, 0.4) is 0 Å². The van der Waals surface area contributed by atoms with Gasteiger partial charge in [-0.05, 0) is 0 Å². The summed E-state index contributed by atoms with van der Waals surface area (Å²) in [6.45, 7) is 4.39. The Kier molecular flexibility index (Phi) is 3.12. The monoisotopic (exact) mass is 166 g/mol. The van der Waals surface area contributed by atoms with Crippen molar-refractivity contribution in [3.8, 4) is 12.3 Å². The van der Waals surface area contributed by atoms with Crippen LogP contribution in [-0.4, -0.2) is 36.5 Å². The maximum Gasteiger partial charge on any atom is 0.217 e. The molecule has 0 spiro atoms. The molecule has 0 bridgehead atoms. The van der Waals surface area contributed by atoms with Crippen molar-refractivity contribution in [1.82, 2.24) is 10.2 Å². The molecule has 0 radical (unpaired) electrons. The van der Waals surface area contributed by atoms with Crippen LogP contribution in [0.25, 0.3) is 0 Å². The number of nitrogens with one attached hydrogen (secondary N) is 1. The number of amides is 1. The van der Waals surface area contributed by atoms with Gasteiger partial charge in [-0.3, -0.25) is 9.69 Å². The number of carbonyl (C=O) groups excluding carboxylic acids is 1. The molecule has 0 aromatic carbocycles. The van der Waals surface area contributed by atoms with Gasteiger partial charge in [-0.15, -0.1) is 12.3 Å². The Balaban J connectivity index is 2.04. The van der Waals surface area contributed by atoms with E-state index in [1.807, 2.05) is 0 Å². The molecule has 1 fully saturated rings. The number of likely N-dealkylation sites (tertiary alicyclic amines) is 1. The molecule has 0 atom stereocenters. The summed E-state index contributed by atoms with van der Waals surface area (Å²) >= 11 is 0. The second-order valence-electron chi connectivity index (χ2n) is 3.11. The van der Waals surface area contributed by atoms with Crippen molar-refractivity contribution in [1.29, 1.82) is 0 Å². The molecule has 0 aromatic heterocycles. The quantitative estimate of drug-likeness (QED) is 0.590. The number of nitrogens with zero attached hydrogens (tertiary/aromatic N) is 1. The molecule has 3 heteroatoms. The third-order valence-electron chi connectivity index (χ3n) is 1.94. The molecule has 66 valence electrons. The van der Waals surface area contributed by atoms with Gasteiger partial charge in [0.15, 0.2) is 0 Å². The Morgan fingerprint density at radius 1 is 1.75 bits per heavy atom. The van der Waals surface area contributed by atoms with Crippen LogP contribution in [0.4, 0.5) is 0 Å². The highest BCUT2D eigenvalue weighted by Crippen LogP contribution is 2.07. The Morgan fingerprint density at radius 3 is 2.92 bits per heavy atom. The summed E-state index contributed by atoms with van der Waals surface area (Å²) in [5.41, 5.74) is 0. The molecule has 1 N–H and O–H groups in total. The summed E-state index contributed by atoms with van der Waals surface area (Å²) in [6, 6.07) is 0.347. The van der Waals surface area contributed by atoms with Crippen molar-refractivity contribution >= 4 is 5.91 Å². The average Bonchev–Trinajstić information content (AvgIpc) is 1.93. The molecule has 1 aliphatic rings. The van der Waals surface area contributed by atoms with E-state index in [4.69, 9.17) is 6.42 Å². The summed E-state index contributed by atoms with van der Waals surface area (Å²) < 4.78 is 0. The van der Waals surface area contributed by atoms with Crippen molar-refractivity contribution in [2.24, 2.45) is 0 Å². The van der Waals surface area contributed by atoms with Gasteiger partial charge in [0.25, 0.3) is 0 Å². The van der Waals surface area contributed by atoms with Crippen LogP contribution in [0.5, 0.6) is 0 Å². The highest BCUT2D eigenvalue weighted by molar-refractivity contribution is 5.73. The van der Waals surface area contributed by atoms with E-state index in [1.54, 1.807) is 6.92 Å². The van der Waals surface area contributed by atoms with Gasteiger partial charge in [0.05, 0.1) is 6.04 Å². The first-order valence-corrected chi connectivity index (χ1v) is 4.15. The van der Waals surface area contributed by atoms with Crippen molar-refractivity contribution < 1.29 is 4.79 Å². The van der Waals surface area contributed by atoms with Crippen molar-refractivity contribution in [3.05, 3.63) is 0 Å². The van der Waals surface area contributed by atoms with E-state index in [0.29, 0.717) is 6.04 Å². The molecule has 1 heterocycles. The van der Waals surface area contributed by atoms with Gasteiger partial charge in [-0.1, -0.05) is 0 Å². The Morgan fingerprint density at radius 2 is 2.42 bits per heavy atom. The van der Waals surface area contributed by atoms with Crippen LogP contribution in [0.1, 0.15) is 13.3 Å². The molecule has 1 rings (SSSR count). The lowest BCUT2D eigenvalue weighted by Crippen LogP contribution is -2.58. The molecule has 1 saturated heterocycles. The minimum Gasteiger partial charge on any atom is -0.351 e. The predicted octanol–water partition coefficient (Wildman–Crippen LogP) is -0.170. The maximum absolute atomic E-state index is 10.6. The van der Waals surface area contributed by atoms with Crippen LogP contribution in [0.15, 0.2) is 0 Å². The molecule has 0 unspecified atom stereocenters. The average molecular weight is 166 g/mol. The fourth-order valence-corrected chi connectivity index (χ4v) is 1.35. The van der Waals surface area contributed by atoms with Gasteiger partial charge in [0, 0.05) is 33.0 Å². The first-order valence-electron chi connectivity index (χ1n) is 4.15. The summed E-state index contributed by atoms with van der Waals surface area (Å²) in [5, 5.41) is 2.85. The molecule has 3 nitrogen and oxygen atoms in total. The second kappa shape index (κ2) is 4.13. The Bertz CT molecular complexity index is 201. The standard InChI is InChI=1S/C9H14N2O/c1-3-4-5-11-6-9(7-11)10-8(2)12/h1,9H,4-7H2,2H3,(H,10,12). The minimum absolute atomic E-state index is 0.0524. The van der Waals surface area contributed by atoms with E-state index in [0.717, 1.165) is 26.1 Å². The summed E-state index contributed by atoms with van der Waals surface area (Å²) in [7, 11) is 0. The van der Waals surface area contributed by atoms with Gasteiger partial charge in [-0.2, -0.15) is 0 Å². The van der Waals surface area contributed by atoms with Crippen LogP contribution < -0.4 is 5.32 Å². The van der Waals surface area contributed by atoms with Crippen molar-refractivity contribution in [3.63, 3.8) is 0 Å². The normalized spacial score (nSPS) is 18.0. The SMILES string of the molecule is C#CCCN1CC(NC(C)=O)C1. The molecule has 0 aromatic rings. The molecule has 1 amide bonds. The molecular weight excluding hydrogens is 152 g/mol. The number of hydrogen-bond acceptors (Lipinski definition) is 2. The number of carbonyl (C=O) groups is 1. The van der Waals surface area contributed by atoms with E-state index in [-0.39, 0.29) is 5.91 Å². The predicted molar refractivity (Wildman–Crippen MR) is 47.5 cm³/mol. The fourth-order valence-electron chi connectivity index (χ4n) is 1.35. The molecule has 0 saturated carbocycles. The lowest BCUT2D eigenvalue weighted by Gasteiger charge is -2.39. The van der Waals surface area contributed by atoms with Crippen LogP contribution in [-0.2, 0) is 4.79 Å². The van der Waals surface area contributed by atoms with Gasteiger partial charge in [0.2, 0.25) is 5.91 Å². The number of hydrogen-bond donors (Lipinski definition) is 1. The van der Waals surface area contributed by atoms with Crippen LogP contribution >= 0.6 is 0 Å². The van der Waals surface area contributed by atoms with Gasteiger partial charge in [0.1, 0.15) is 0 Å². The fraction of sp³-hybridized carbons (Fsp3) is 0.667. The van der Waals surface area contributed by atoms with Gasteiger partial charge < -0.3 is 5.32 Å². The highest BCUT2D eigenvalue weighted by Gasteiger charge is 2.25. The zero-order valence-corrected chi connectivity index (χ0v) is 7.34. The minimum atomic E-state index is 0.0524. The first-order chi connectivity index (χ1) is 5.72. The summed E-state index contributed by atoms with van der Waals surface area (Å²) in [6.07, 6.45) is 5.92. The summed E-state index contributed by atoms with van der Waals surface area (Å²) in [4.78, 5) is 12.8. The molecule has 12 heavy (non-hydrogen) atoms.